The monoisotopic (exact) mass is 632 g/mol. The summed E-state index contributed by atoms with van der Waals surface area (Å²) >= 11 is 15.2. The van der Waals surface area contributed by atoms with Crippen molar-refractivity contribution in [3.8, 4) is 11.5 Å². The van der Waals surface area contributed by atoms with Crippen LogP contribution in [0.1, 0.15) is 31.9 Å². The van der Waals surface area contributed by atoms with Crippen LogP contribution in [-0.4, -0.2) is 47.4 Å². The van der Waals surface area contributed by atoms with Crippen molar-refractivity contribution < 1.29 is 27.6 Å². The molecule has 0 heterocycles. The third kappa shape index (κ3) is 16.2. The van der Waals surface area contributed by atoms with E-state index in [-0.39, 0.29) is 0 Å². The lowest BCUT2D eigenvalue weighted by Crippen LogP contribution is -1.94. The Morgan fingerprint density at radius 2 is 1.20 bits per heavy atom. The van der Waals surface area contributed by atoms with Crippen LogP contribution in [0.3, 0.4) is 0 Å². The molecule has 2 aromatic rings. The zero-order chi connectivity index (χ0) is 26.9. The predicted molar refractivity (Wildman–Crippen MR) is 154 cm³/mol. The third-order valence-corrected chi connectivity index (χ3v) is 7.74. The van der Waals surface area contributed by atoms with Gasteiger partial charge < -0.3 is 27.6 Å². The zero-order valence-electron chi connectivity index (χ0n) is 21.5. The molecule has 0 saturated heterocycles. The van der Waals surface area contributed by atoms with Gasteiger partial charge in [-0.1, -0.05) is 51.3 Å². The van der Waals surface area contributed by atoms with Gasteiger partial charge in [0.1, 0.15) is 11.5 Å². The molecule has 2 rings (SSSR count). The van der Waals surface area contributed by atoms with Crippen LogP contribution in [0.2, 0.25) is 10.0 Å². The Hall–Kier alpha value is -0.360. The first-order chi connectivity index (χ1) is 16.5. The van der Waals surface area contributed by atoms with Crippen LogP contribution < -0.4 is 9.47 Å². The van der Waals surface area contributed by atoms with Gasteiger partial charge in [-0.15, -0.1) is 0 Å². The molecule has 0 N–H and O–H groups in total. The smallest absolute Gasteiger partial charge is 0.332 e. The summed E-state index contributed by atoms with van der Waals surface area (Å²) in [6.07, 6.45) is 0.538. The minimum atomic E-state index is -2.06. The van der Waals surface area contributed by atoms with Crippen molar-refractivity contribution in [3.05, 3.63) is 57.6 Å². The average molecular weight is 634 g/mol. The van der Waals surface area contributed by atoms with Crippen molar-refractivity contribution in [2.24, 2.45) is 0 Å². The number of alkyl halides is 1. The maximum atomic E-state index is 11.6. The average Bonchev–Trinajstić information content (AvgIpc) is 2.81. The number of hydrogen-bond acceptors (Lipinski definition) is 6. The molecule has 0 aliphatic rings. The summed E-state index contributed by atoms with van der Waals surface area (Å²) in [5.74, 6) is 1.51. The Labute approximate surface area is 230 Å². The molecule has 200 valence electrons. The molecule has 0 aliphatic carbocycles. The van der Waals surface area contributed by atoms with Gasteiger partial charge in [0, 0.05) is 21.5 Å². The van der Waals surface area contributed by atoms with Crippen molar-refractivity contribution in [2.45, 2.75) is 32.3 Å². The fraction of sp³-hybridized carbons (Fsp3) is 0.500. The van der Waals surface area contributed by atoms with Crippen molar-refractivity contribution >= 4 is 54.9 Å². The standard InChI is InChI=1S/C10H14ClO2P.C8H8BrClO.C6H15O3P/c1-13-9-5-4-8(10(11)6-9)7-14(2,3)12;1-11-7-3-2-6(5-9)8(10)4-7;1-4-7-10(8-5-2)9-6-3/h4-6H,7H2,1-3H3;2-4H,5H2,1H3;4-6H2,1-3H3. The Morgan fingerprint density at radius 1 is 0.800 bits per heavy atom. The van der Waals surface area contributed by atoms with E-state index in [1.807, 2.05) is 45.0 Å². The molecule has 0 spiro atoms. The highest BCUT2D eigenvalue weighted by Crippen LogP contribution is 2.42. The normalized spacial score (nSPS) is 10.7. The number of benzene rings is 2. The van der Waals surface area contributed by atoms with E-state index < -0.39 is 15.7 Å². The van der Waals surface area contributed by atoms with Gasteiger partial charge in [-0.3, -0.25) is 0 Å². The first kappa shape index (κ1) is 34.6. The number of ether oxygens (including phenoxy) is 2. The molecule has 0 fully saturated rings. The van der Waals surface area contributed by atoms with E-state index in [9.17, 15) is 4.57 Å². The lowest BCUT2D eigenvalue weighted by Gasteiger charge is -2.12. The van der Waals surface area contributed by atoms with Crippen LogP contribution in [0.25, 0.3) is 0 Å². The Balaban J connectivity index is 0.000000505. The minimum absolute atomic E-state index is 0.538. The van der Waals surface area contributed by atoms with Crippen LogP contribution in [0, 0.1) is 0 Å². The molecular weight excluding hydrogens is 597 g/mol. The van der Waals surface area contributed by atoms with Gasteiger partial charge in [0.25, 0.3) is 0 Å². The number of hydrogen-bond donors (Lipinski definition) is 0. The van der Waals surface area contributed by atoms with E-state index in [2.05, 4.69) is 15.9 Å². The first-order valence-corrected chi connectivity index (χ1v) is 16.7. The molecular formula is C24H37BrCl2O6P2. The number of methoxy groups -OCH3 is 2. The molecule has 2 aromatic carbocycles. The SMILES string of the molecule is CCOP(OCC)OCC.COc1ccc(CBr)c(Cl)c1.COc1ccc(CP(C)(C)=O)c(Cl)c1. The summed E-state index contributed by atoms with van der Waals surface area (Å²) in [4.78, 5) is 0. The summed E-state index contributed by atoms with van der Waals surface area (Å²) < 4.78 is 37.1. The first-order valence-electron chi connectivity index (χ1n) is 11.0. The molecule has 0 radical (unpaired) electrons. The summed E-state index contributed by atoms with van der Waals surface area (Å²) in [6, 6.07) is 11.1. The van der Waals surface area contributed by atoms with Gasteiger partial charge in [-0.25, -0.2) is 0 Å². The highest BCUT2D eigenvalue weighted by molar-refractivity contribution is 9.08. The van der Waals surface area contributed by atoms with E-state index in [1.54, 1.807) is 39.7 Å². The van der Waals surface area contributed by atoms with E-state index >= 15 is 0 Å². The van der Waals surface area contributed by atoms with Crippen LogP contribution in [0.15, 0.2) is 36.4 Å². The molecule has 35 heavy (non-hydrogen) atoms. The van der Waals surface area contributed by atoms with E-state index in [0.29, 0.717) is 31.0 Å². The van der Waals surface area contributed by atoms with E-state index in [0.717, 1.165) is 33.0 Å². The highest BCUT2D eigenvalue weighted by Gasteiger charge is 2.11. The maximum Gasteiger partial charge on any atom is 0.332 e. The molecule has 0 aliphatic heterocycles. The summed E-state index contributed by atoms with van der Waals surface area (Å²) in [5, 5.41) is 2.13. The van der Waals surface area contributed by atoms with Gasteiger partial charge in [-0.05, 0) is 69.5 Å². The maximum absolute atomic E-state index is 11.6. The van der Waals surface area contributed by atoms with Crippen LogP contribution in [-0.2, 0) is 29.6 Å². The van der Waals surface area contributed by atoms with Crippen molar-refractivity contribution in [1.82, 2.24) is 0 Å². The number of halogens is 3. The minimum Gasteiger partial charge on any atom is -0.497 e. The summed E-state index contributed by atoms with van der Waals surface area (Å²) in [7, 11) is 0.0933. The molecule has 0 aromatic heterocycles. The second-order valence-corrected chi connectivity index (χ2v) is 13.3. The lowest BCUT2D eigenvalue weighted by atomic mass is 10.2. The van der Waals surface area contributed by atoms with E-state index in [4.69, 9.17) is 46.2 Å². The molecule has 0 amide bonds. The van der Waals surface area contributed by atoms with E-state index in [1.165, 1.54) is 0 Å². The fourth-order valence-corrected chi connectivity index (χ4v) is 5.56. The number of rotatable bonds is 11. The second-order valence-electron chi connectivity index (χ2n) is 7.26. The van der Waals surface area contributed by atoms with Crippen molar-refractivity contribution in [1.29, 1.82) is 0 Å². The molecule has 11 heteroatoms. The van der Waals surface area contributed by atoms with Crippen LogP contribution >= 0.6 is 54.9 Å². The molecule has 0 atom stereocenters. The predicted octanol–water partition coefficient (Wildman–Crippen LogP) is 9.04. The highest BCUT2D eigenvalue weighted by atomic mass is 79.9. The van der Waals surface area contributed by atoms with Gasteiger partial charge >= 0.3 is 8.60 Å². The molecule has 0 bridgehead atoms. The fourth-order valence-electron chi connectivity index (χ4n) is 2.38. The second kappa shape index (κ2) is 19.7. The van der Waals surface area contributed by atoms with Gasteiger partial charge in [0.2, 0.25) is 0 Å². The van der Waals surface area contributed by atoms with Gasteiger partial charge in [-0.2, -0.15) is 0 Å². The van der Waals surface area contributed by atoms with Crippen molar-refractivity contribution in [3.63, 3.8) is 0 Å². The largest absolute Gasteiger partial charge is 0.497 e. The Kier molecular flexibility index (Phi) is 19.5. The third-order valence-electron chi connectivity index (χ3n) is 3.92. The molecule has 0 unspecified atom stereocenters. The van der Waals surface area contributed by atoms with Gasteiger partial charge in [0.15, 0.2) is 0 Å². The molecule has 6 nitrogen and oxygen atoms in total. The summed E-state index contributed by atoms with van der Waals surface area (Å²) in [5.41, 5.74) is 1.99. The lowest BCUT2D eigenvalue weighted by molar-refractivity contribution is 0.176. The van der Waals surface area contributed by atoms with Gasteiger partial charge in [0.05, 0.1) is 41.2 Å². The van der Waals surface area contributed by atoms with Crippen LogP contribution in [0.4, 0.5) is 0 Å². The zero-order valence-corrected chi connectivity index (χ0v) is 26.4. The molecule has 0 saturated carbocycles. The van der Waals surface area contributed by atoms with Crippen molar-refractivity contribution in [2.75, 3.05) is 47.4 Å². The topological polar surface area (TPSA) is 63.2 Å². The quantitative estimate of drug-likeness (QED) is 0.182. The summed E-state index contributed by atoms with van der Waals surface area (Å²) in [6.45, 7) is 11.2. The van der Waals surface area contributed by atoms with Crippen LogP contribution in [0.5, 0.6) is 11.5 Å². The Morgan fingerprint density at radius 3 is 1.49 bits per heavy atom. The Bertz CT molecular complexity index is 884.